The van der Waals surface area contributed by atoms with Crippen LogP contribution in [0.25, 0.3) is 0 Å². The summed E-state index contributed by atoms with van der Waals surface area (Å²) in [5, 5.41) is 13.5. The van der Waals surface area contributed by atoms with Crippen molar-refractivity contribution in [1.29, 1.82) is 0 Å². The molecule has 1 N–H and O–H groups in total. The van der Waals surface area contributed by atoms with Crippen LogP contribution in [0.5, 0.6) is 5.88 Å². The fourth-order valence-electron chi connectivity index (χ4n) is 1.47. The van der Waals surface area contributed by atoms with E-state index in [4.69, 9.17) is 4.74 Å². The Balaban J connectivity index is 2.24. The van der Waals surface area contributed by atoms with E-state index in [-0.39, 0.29) is 29.7 Å². The molecule has 2 rings (SSSR count). The zero-order valence-corrected chi connectivity index (χ0v) is 10.5. The molecule has 1 aromatic heterocycles. The lowest BCUT2D eigenvalue weighted by molar-refractivity contribution is -0.386. The summed E-state index contributed by atoms with van der Waals surface area (Å²) in [7, 11) is 1.57. The van der Waals surface area contributed by atoms with Crippen molar-refractivity contribution in [3.63, 3.8) is 0 Å². The number of halogens is 1. The highest BCUT2D eigenvalue weighted by Gasteiger charge is 2.19. The number of aromatic nitrogens is 2. The van der Waals surface area contributed by atoms with Gasteiger partial charge in [-0.15, -0.1) is 0 Å². The third-order valence-electron chi connectivity index (χ3n) is 2.48. The van der Waals surface area contributed by atoms with E-state index in [0.29, 0.717) is 0 Å². The van der Waals surface area contributed by atoms with Crippen molar-refractivity contribution in [1.82, 2.24) is 9.97 Å². The van der Waals surface area contributed by atoms with Gasteiger partial charge in [0, 0.05) is 12.6 Å². The highest BCUT2D eigenvalue weighted by molar-refractivity contribution is 5.43. The van der Waals surface area contributed by atoms with Crippen LogP contribution in [0.3, 0.4) is 0 Å². The smallest absolute Gasteiger partial charge is 0.349 e. The minimum atomic E-state index is -0.657. The topological polar surface area (TPSA) is 90.2 Å². The molecule has 20 heavy (non-hydrogen) atoms. The number of rotatable bonds is 5. The van der Waals surface area contributed by atoms with Gasteiger partial charge >= 0.3 is 5.69 Å². The average molecular weight is 278 g/mol. The SMILES string of the molecule is CNc1ncc([N+](=O)[O-])c(OCc2ccccc2F)n1. The minimum absolute atomic E-state index is 0.159. The van der Waals surface area contributed by atoms with Crippen molar-refractivity contribution in [2.75, 3.05) is 12.4 Å². The third kappa shape index (κ3) is 2.97. The van der Waals surface area contributed by atoms with Crippen LogP contribution in [-0.4, -0.2) is 21.9 Å². The van der Waals surface area contributed by atoms with Crippen molar-refractivity contribution >= 4 is 11.6 Å². The maximum atomic E-state index is 13.4. The Labute approximate surface area is 113 Å². The summed E-state index contributed by atoms with van der Waals surface area (Å²) in [6.07, 6.45) is 1.04. The van der Waals surface area contributed by atoms with Crippen LogP contribution in [0.1, 0.15) is 5.56 Å². The van der Waals surface area contributed by atoms with Gasteiger partial charge in [0.2, 0.25) is 5.95 Å². The summed E-state index contributed by atoms with van der Waals surface area (Å²) < 4.78 is 18.7. The Morgan fingerprint density at radius 1 is 1.45 bits per heavy atom. The molecule has 0 atom stereocenters. The largest absolute Gasteiger partial charge is 0.468 e. The van der Waals surface area contributed by atoms with Gasteiger partial charge in [-0.25, -0.2) is 9.37 Å². The second-order valence-corrected chi connectivity index (χ2v) is 3.77. The Morgan fingerprint density at radius 3 is 2.85 bits per heavy atom. The van der Waals surface area contributed by atoms with Gasteiger partial charge < -0.3 is 10.1 Å². The number of nitrogens with zero attached hydrogens (tertiary/aromatic N) is 3. The Hall–Kier alpha value is -2.77. The summed E-state index contributed by atoms with van der Waals surface area (Å²) in [6, 6.07) is 6.01. The molecule has 0 spiro atoms. The van der Waals surface area contributed by atoms with Crippen LogP contribution in [0.2, 0.25) is 0 Å². The standard InChI is InChI=1S/C12H11FN4O3/c1-14-12-15-6-10(17(18)19)11(16-12)20-7-8-4-2-3-5-9(8)13/h2-6H,7H2,1H3,(H,14,15,16). The number of hydrogen-bond donors (Lipinski definition) is 1. The van der Waals surface area contributed by atoms with E-state index in [0.717, 1.165) is 6.20 Å². The van der Waals surface area contributed by atoms with Crippen LogP contribution in [-0.2, 0) is 6.61 Å². The second kappa shape index (κ2) is 5.91. The summed E-state index contributed by atoms with van der Waals surface area (Å²) in [5.74, 6) is -0.477. The molecule has 0 aliphatic heterocycles. The van der Waals surface area contributed by atoms with Gasteiger partial charge in [0.05, 0.1) is 4.92 Å². The van der Waals surface area contributed by atoms with Crippen LogP contribution in [0.15, 0.2) is 30.5 Å². The highest BCUT2D eigenvalue weighted by atomic mass is 19.1. The van der Waals surface area contributed by atoms with Crippen molar-refractivity contribution < 1.29 is 14.1 Å². The molecule has 104 valence electrons. The van der Waals surface area contributed by atoms with Crippen molar-refractivity contribution in [2.45, 2.75) is 6.61 Å². The van der Waals surface area contributed by atoms with E-state index < -0.39 is 10.7 Å². The number of benzene rings is 1. The number of anilines is 1. The second-order valence-electron chi connectivity index (χ2n) is 3.77. The zero-order chi connectivity index (χ0) is 14.5. The predicted octanol–water partition coefficient (Wildman–Crippen LogP) is 2.14. The monoisotopic (exact) mass is 278 g/mol. The number of nitrogens with one attached hydrogen (secondary N) is 1. The van der Waals surface area contributed by atoms with Gasteiger partial charge in [-0.3, -0.25) is 10.1 Å². The van der Waals surface area contributed by atoms with E-state index in [1.54, 1.807) is 19.2 Å². The van der Waals surface area contributed by atoms with Crippen molar-refractivity contribution in [3.05, 3.63) is 52.0 Å². The molecule has 0 radical (unpaired) electrons. The van der Waals surface area contributed by atoms with Crippen LogP contribution < -0.4 is 10.1 Å². The highest BCUT2D eigenvalue weighted by Crippen LogP contribution is 2.25. The van der Waals surface area contributed by atoms with Gasteiger partial charge in [0.25, 0.3) is 5.88 Å². The molecule has 0 bridgehead atoms. The van der Waals surface area contributed by atoms with Crippen LogP contribution in [0.4, 0.5) is 16.0 Å². The fraction of sp³-hybridized carbons (Fsp3) is 0.167. The maximum absolute atomic E-state index is 13.4. The Kier molecular flexibility index (Phi) is 4.04. The van der Waals surface area contributed by atoms with Gasteiger partial charge in [-0.1, -0.05) is 18.2 Å². The average Bonchev–Trinajstić information content (AvgIpc) is 2.46. The van der Waals surface area contributed by atoms with E-state index in [1.165, 1.54) is 12.1 Å². The predicted molar refractivity (Wildman–Crippen MR) is 69.0 cm³/mol. The molecule has 0 amide bonds. The summed E-state index contributed by atoms with van der Waals surface area (Å²) >= 11 is 0. The lowest BCUT2D eigenvalue weighted by Gasteiger charge is -2.07. The molecular formula is C12H11FN4O3. The first-order chi connectivity index (χ1) is 9.61. The molecule has 0 saturated heterocycles. The maximum Gasteiger partial charge on any atom is 0.349 e. The molecular weight excluding hydrogens is 267 g/mol. The van der Waals surface area contributed by atoms with Gasteiger partial charge in [-0.05, 0) is 6.07 Å². The first-order valence-corrected chi connectivity index (χ1v) is 5.67. The molecule has 2 aromatic rings. The van der Waals surface area contributed by atoms with Gasteiger partial charge in [0.15, 0.2) is 0 Å². The van der Waals surface area contributed by atoms with Crippen LogP contribution >= 0.6 is 0 Å². The molecule has 1 heterocycles. The molecule has 0 aliphatic carbocycles. The molecule has 7 nitrogen and oxygen atoms in total. The number of nitro groups is 1. The number of hydrogen-bond acceptors (Lipinski definition) is 6. The Morgan fingerprint density at radius 2 is 2.20 bits per heavy atom. The van der Waals surface area contributed by atoms with Gasteiger partial charge in [-0.2, -0.15) is 4.98 Å². The first-order valence-electron chi connectivity index (χ1n) is 5.67. The Bertz CT molecular complexity index is 636. The quantitative estimate of drug-likeness (QED) is 0.665. The van der Waals surface area contributed by atoms with Crippen molar-refractivity contribution in [2.24, 2.45) is 0 Å². The summed E-state index contributed by atoms with van der Waals surface area (Å²) in [6.45, 7) is -0.159. The van der Waals surface area contributed by atoms with Crippen LogP contribution in [0, 0.1) is 15.9 Å². The lowest BCUT2D eigenvalue weighted by Crippen LogP contribution is -2.05. The fourth-order valence-corrected chi connectivity index (χ4v) is 1.47. The summed E-state index contributed by atoms with van der Waals surface area (Å²) in [5.41, 5.74) is -0.0910. The minimum Gasteiger partial charge on any atom is -0.468 e. The van der Waals surface area contributed by atoms with Gasteiger partial charge in [0.1, 0.15) is 18.6 Å². The molecule has 0 saturated carbocycles. The molecule has 0 aliphatic rings. The third-order valence-corrected chi connectivity index (χ3v) is 2.48. The zero-order valence-electron chi connectivity index (χ0n) is 10.5. The van der Waals surface area contributed by atoms with Crippen molar-refractivity contribution in [3.8, 4) is 5.88 Å². The number of ether oxygens (including phenoxy) is 1. The molecule has 1 aromatic carbocycles. The molecule has 0 unspecified atom stereocenters. The lowest BCUT2D eigenvalue weighted by atomic mass is 10.2. The van der Waals surface area contributed by atoms with E-state index in [1.807, 2.05) is 0 Å². The summed E-state index contributed by atoms with van der Waals surface area (Å²) in [4.78, 5) is 17.8. The first kappa shape index (κ1) is 13.7. The normalized spacial score (nSPS) is 10.1. The van der Waals surface area contributed by atoms with E-state index >= 15 is 0 Å². The molecule has 8 heteroatoms. The molecule has 0 fully saturated rings. The van der Waals surface area contributed by atoms with E-state index in [2.05, 4.69) is 15.3 Å². The van der Waals surface area contributed by atoms with E-state index in [9.17, 15) is 14.5 Å².